The van der Waals surface area contributed by atoms with Crippen LogP contribution in [0.15, 0.2) is 91.3 Å². The van der Waals surface area contributed by atoms with Gasteiger partial charge in [-0.15, -0.1) is 0 Å². The number of anilines is 1. The van der Waals surface area contributed by atoms with Crippen LogP contribution in [0.2, 0.25) is 0 Å². The Labute approximate surface area is 186 Å². The first-order valence-corrected chi connectivity index (χ1v) is 10.8. The highest BCUT2D eigenvalue weighted by atomic mass is 16.6. The van der Waals surface area contributed by atoms with Gasteiger partial charge in [-0.1, -0.05) is 60.7 Å². The van der Waals surface area contributed by atoms with Gasteiger partial charge in [0.05, 0.1) is 16.4 Å². The third-order valence-corrected chi connectivity index (χ3v) is 6.22. The second-order valence-electron chi connectivity index (χ2n) is 8.03. The van der Waals surface area contributed by atoms with Gasteiger partial charge in [0.15, 0.2) is 0 Å². The number of rotatable bonds is 5. The number of hydrogen-bond acceptors (Lipinski definition) is 5. The van der Waals surface area contributed by atoms with Crippen LogP contribution in [0.1, 0.15) is 17.2 Å². The smallest absolute Gasteiger partial charge is 0.278 e. The van der Waals surface area contributed by atoms with Gasteiger partial charge in [0.25, 0.3) is 5.69 Å². The highest BCUT2D eigenvalue weighted by molar-refractivity contribution is 5.99. The number of non-ortho nitro benzene ring substituents is 1. The molecule has 1 saturated heterocycles. The fourth-order valence-corrected chi connectivity index (χ4v) is 4.70. The second-order valence-corrected chi connectivity index (χ2v) is 8.03. The predicted octanol–water partition coefficient (Wildman–Crippen LogP) is 5.05. The molecular weight excluding hydrogens is 400 g/mol. The van der Waals surface area contributed by atoms with E-state index in [1.165, 1.54) is 11.1 Å². The van der Waals surface area contributed by atoms with Crippen molar-refractivity contribution in [2.75, 3.05) is 31.1 Å². The molecule has 1 aliphatic heterocycles. The molecule has 0 atom stereocenters. The third-order valence-electron chi connectivity index (χ3n) is 6.22. The van der Waals surface area contributed by atoms with E-state index in [-0.39, 0.29) is 16.7 Å². The summed E-state index contributed by atoms with van der Waals surface area (Å²) in [6.07, 6.45) is 3.29. The van der Waals surface area contributed by atoms with Crippen molar-refractivity contribution in [3.05, 3.63) is 112 Å². The van der Waals surface area contributed by atoms with Crippen LogP contribution >= 0.6 is 0 Å². The van der Waals surface area contributed by atoms with Gasteiger partial charge in [-0.2, -0.15) is 0 Å². The molecule has 0 unspecified atom stereocenters. The molecule has 0 N–H and O–H groups in total. The Morgan fingerprint density at radius 2 is 1.41 bits per heavy atom. The topological polar surface area (TPSA) is 62.5 Å². The molecule has 0 bridgehead atoms. The Balaban J connectivity index is 1.42. The Hall–Kier alpha value is -3.77. The minimum absolute atomic E-state index is 0.101. The SMILES string of the molecule is O=[N+]([O-])c1ccc(N2CCN(C(c3ccccc3)c3ccccc3)CC2)c2ccncc12. The maximum atomic E-state index is 11.4. The van der Waals surface area contributed by atoms with Crippen molar-refractivity contribution in [2.24, 2.45) is 0 Å². The molecular formula is C26H24N4O2. The number of nitrogens with zero attached hydrogens (tertiary/aromatic N) is 4. The normalized spacial score (nSPS) is 14.7. The van der Waals surface area contributed by atoms with Gasteiger partial charge in [-0.3, -0.25) is 20.0 Å². The van der Waals surface area contributed by atoms with Crippen LogP contribution in [0, 0.1) is 10.1 Å². The highest BCUT2D eigenvalue weighted by Gasteiger charge is 2.27. The van der Waals surface area contributed by atoms with Crippen molar-refractivity contribution >= 4 is 22.1 Å². The van der Waals surface area contributed by atoms with Crippen LogP contribution in [0.4, 0.5) is 11.4 Å². The lowest BCUT2D eigenvalue weighted by Gasteiger charge is -2.41. The molecule has 0 saturated carbocycles. The summed E-state index contributed by atoms with van der Waals surface area (Å²) in [5.41, 5.74) is 3.71. The number of nitro groups is 1. The number of benzene rings is 3. The van der Waals surface area contributed by atoms with Gasteiger partial charge in [0, 0.05) is 55.7 Å². The number of nitro benzene ring substituents is 1. The van der Waals surface area contributed by atoms with Crippen molar-refractivity contribution in [2.45, 2.75) is 6.04 Å². The summed E-state index contributed by atoms with van der Waals surface area (Å²) >= 11 is 0. The van der Waals surface area contributed by atoms with Crippen molar-refractivity contribution in [1.29, 1.82) is 0 Å². The third kappa shape index (κ3) is 3.81. The summed E-state index contributed by atoms with van der Waals surface area (Å²) < 4.78 is 0. The molecule has 6 nitrogen and oxygen atoms in total. The van der Waals surface area contributed by atoms with E-state index in [1.54, 1.807) is 18.5 Å². The Bertz CT molecular complexity index is 1180. The van der Waals surface area contributed by atoms with Gasteiger partial charge < -0.3 is 4.90 Å². The summed E-state index contributed by atoms with van der Waals surface area (Å²) in [5.74, 6) is 0. The van der Waals surface area contributed by atoms with E-state index < -0.39 is 0 Å². The largest absolute Gasteiger partial charge is 0.368 e. The molecule has 6 heteroatoms. The van der Waals surface area contributed by atoms with Gasteiger partial charge in [0.1, 0.15) is 0 Å². The predicted molar refractivity (Wildman–Crippen MR) is 127 cm³/mol. The molecule has 5 rings (SSSR count). The van der Waals surface area contributed by atoms with Crippen LogP contribution in [0.3, 0.4) is 0 Å². The maximum absolute atomic E-state index is 11.4. The zero-order valence-electron chi connectivity index (χ0n) is 17.7. The van der Waals surface area contributed by atoms with E-state index in [9.17, 15) is 10.1 Å². The van der Waals surface area contributed by atoms with Crippen LogP contribution in [-0.2, 0) is 0 Å². The van der Waals surface area contributed by atoms with E-state index in [4.69, 9.17) is 0 Å². The molecule has 1 aliphatic rings. The first kappa shape index (κ1) is 20.2. The molecule has 0 amide bonds. The van der Waals surface area contributed by atoms with Crippen molar-refractivity contribution < 1.29 is 4.92 Å². The number of aromatic nitrogens is 1. The van der Waals surface area contributed by atoms with E-state index in [0.717, 1.165) is 37.3 Å². The molecule has 2 heterocycles. The quantitative estimate of drug-likeness (QED) is 0.331. The molecule has 0 radical (unpaired) electrons. The van der Waals surface area contributed by atoms with Crippen LogP contribution in [0.25, 0.3) is 10.8 Å². The van der Waals surface area contributed by atoms with E-state index in [0.29, 0.717) is 5.39 Å². The number of hydrogen-bond donors (Lipinski definition) is 0. The fourth-order valence-electron chi connectivity index (χ4n) is 4.70. The lowest BCUT2D eigenvalue weighted by Crippen LogP contribution is -2.48. The molecule has 4 aromatic rings. The Morgan fingerprint density at radius 1 is 0.781 bits per heavy atom. The minimum Gasteiger partial charge on any atom is -0.368 e. The molecule has 0 spiro atoms. The average molecular weight is 425 g/mol. The summed E-state index contributed by atoms with van der Waals surface area (Å²) in [7, 11) is 0. The Morgan fingerprint density at radius 3 is 2.00 bits per heavy atom. The van der Waals surface area contributed by atoms with Gasteiger partial charge in [0.2, 0.25) is 0 Å². The van der Waals surface area contributed by atoms with Crippen molar-refractivity contribution in [3.8, 4) is 0 Å². The summed E-state index contributed by atoms with van der Waals surface area (Å²) in [6.45, 7) is 3.51. The first-order chi connectivity index (χ1) is 15.7. The van der Waals surface area contributed by atoms with E-state index in [2.05, 4.69) is 75.4 Å². The fraction of sp³-hybridized carbons (Fsp3) is 0.192. The number of pyridine rings is 1. The standard InChI is InChI=1S/C26H24N4O2/c31-30(32)25-12-11-24(22-13-14-27-19-23(22)25)28-15-17-29(18-16-28)26(20-7-3-1-4-8-20)21-9-5-2-6-10-21/h1-14,19,26H,15-18H2. The summed E-state index contributed by atoms with van der Waals surface area (Å²) in [6, 6.07) is 26.8. The van der Waals surface area contributed by atoms with Crippen LogP contribution < -0.4 is 4.90 Å². The molecule has 32 heavy (non-hydrogen) atoms. The Kier molecular flexibility index (Phi) is 5.52. The molecule has 3 aromatic carbocycles. The van der Waals surface area contributed by atoms with Crippen molar-refractivity contribution in [1.82, 2.24) is 9.88 Å². The number of fused-ring (bicyclic) bond motifs is 1. The summed E-state index contributed by atoms with van der Waals surface area (Å²) in [5, 5.41) is 12.9. The molecule has 1 fully saturated rings. The lowest BCUT2D eigenvalue weighted by molar-refractivity contribution is -0.383. The second kappa shape index (κ2) is 8.77. The molecule has 1 aromatic heterocycles. The highest BCUT2D eigenvalue weighted by Crippen LogP contribution is 2.35. The maximum Gasteiger partial charge on any atom is 0.278 e. The lowest BCUT2D eigenvalue weighted by atomic mass is 9.96. The molecule has 160 valence electrons. The summed E-state index contributed by atoms with van der Waals surface area (Å²) in [4.78, 5) is 20.1. The van der Waals surface area contributed by atoms with Crippen molar-refractivity contribution in [3.63, 3.8) is 0 Å². The molecule has 0 aliphatic carbocycles. The average Bonchev–Trinajstić information content (AvgIpc) is 2.85. The van der Waals surface area contributed by atoms with E-state index in [1.807, 2.05) is 12.1 Å². The van der Waals surface area contributed by atoms with Gasteiger partial charge in [-0.05, 0) is 23.3 Å². The minimum atomic E-state index is -0.337. The van der Waals surface area contributed by atoms with Crippen LogP contribution in [-0.4, -0.2) is 41.0 Å². The van der Waals surface area contributed by atoms with Gasteiger partial charge in [-0.25, -0.2) is 0 Å². The number of piperazine rings is 1. The zero-order valence-corrected chi connectivity index (χ0v) is 17.7. The zero-order chi connectivity index (χ0) is 21.9. The van der Waals surface area contributed by atoms with Crippen LogP contribution in [0.5, 0.6) is 0 Å². The van der Waals surface area contributed by atoms with E-state index >= 15 is 0 Å². The first-order valence-electron chi connectivity index (χ1n) is 10.8. The van der Waals surface area contributed by atoms with Gasteiger partial charge >= 0.3 is 0 Å². The monoisotopic (exact) mass is 424 g/mol.